The molecular weight excluding hydrogens is 380 g/mol. The number of rotatable bonds is 5. The summed E-state index contributed by atoms with van der Waals surface area (Å²) >= 11 is 0. The lowest BCUT2D eigenvalue weighted by Crippen LogP contribution is -1.88. The average Bonchev–Trinajstić information content (AvgIpc) is 3.46. The number of nitrogens with zero attached hydrogens (tertiary/aromatic N) is 2. The molecule has 0 spiro atoms. The van der Waals surface area contributed by atoms with Gasteiger partial charge >= 0.3 is 0 Å². The summed E-state index contributed by atoms with van der Waals surface area (Å²) in [5.74, 6) is 2.44. The fourth-order valence-corrected chi connectivity index (χ4v) is 3.87. The van der Waals surface area contributed by atoms with Gasteiger partial charge in [0.1, 0.15) is 11.6 Å². The molecule has 0 fully saturated rings. The molecule has 0 amide bonds. The maximum Gasteiger partial charge on any atom is 0.109 e. The maximum absolute atomic E-state index is 4.67. The van der Waals surface area contributed by atoms with Crippen molar-refractivity contribution in [3.8, 4) is 33.5 Å². The summed E-state index contributed by atoms with van der Waals surface area (Å²) in [7, 11) is 0. The average molecular weight is 407 g/mol. The number of hydrogen-bond donors (Lipinski definition) is 2. The second-order valence-electron chi connectivity index (χ2n) is 8.26. The largest absolute Gasteiger partial charge is 0.342 e. The Morgan fingerprint density at radius 3 is 1.90 bits per heavy atom. The van der Waals surface area contributed by atoms with Crippen molar-refractivity contribution in [3.05, 3.63) is 84.6 Å². The Labute approximate surface area is 182 Å². The first-order chi connectivity index (χ1) is 15.1. The minimum atomic E-state index is 0.392. The van der Waals surface area contributed by atoms with Crippen molar-refractivity contribution in [2.45, 2.75) is 33.1 Å². The Balaban J connectivity index is 1.39. The third kappa shape index (κ3) is 3.77. The minimum Gasteiger partial charge on any atom is -0.342 e. The van der Waals surface area contributed by atoms with Crippen LogP contribution in [-0.2, 0) is 6.42 Å². The van der Waals surface area contributed by atoms with Gasteiger partial charge in [-0.1, -0.05) is 75.4 Å². The van der Waals surface area contributed by atoms with Crippen LogP contribution in [0.3, 0.4) is 0 Å². The van der Waals surface area contributed by atoms with Crippen molar-refractivity contribution in [2.24, 2.45) is 0 Å². The van der Waals surface area contributed by atoms with Crippen molar-refractivity contribution in [3.63, 3.8) is 0 Å². The maximum atomic E-state index is 4.67. The highest BCUT2D eigenvalue weighted by molar-refractivity contribution is 5.82. The van der Waals surface area contributed by atoms with E-state index in [4.69, 9.17) is 0 Å². The highest BCUT2D eigenvalue weighted by atomic mass is 14.9. The zero-order valence-corrected chi connectivity index (χ0v) is 18.1. The zero-order valence-electron chi connectivity index (χ0n) is 18.1. The number of benzene rings is 3. The van der Waals surface area contributed by atoms with E-state index in [1.54, 1.807) is 0 Å². The number of hydrogen-bond acceptors (Lipinski definition) is 2. The molecule has 2 aromatic heterocycles. The Morgan fingerprint density at radius 2 is 1.32 bits per heavy atom. The molecule has 4 heteroatoms. The smallest absolute Gasteiger partial charge is 0.109 e. The van der Waals surface area contributed by atoms with E-state index >= 15 is 0 Å². The molecule has 4 nitrogen and oxygen atoms in total. The number of fused-ring (bicyclic) bond motifs is 1. The summed E-state index contributed by atoms with van der Waals surface area (Å²) in [6.45, 7) is 6.41. The molecule has 0 aliphatic rings. The standard InChI is InChI=1S/C27H26N4/c1-4-26-28-16-25(29-26)21-11-9-19(10-12-21)18-5-7-20(8-6-18)22-13-14-23-24(15-22)31-27(30-23)17(2)3/h5-17H,4H2,1-3H3,(H,28,29)(H,30,31). The van der Waals surface area contributed by atoms with Gasteiger partial charge in [-0.05, 0) is 39.9 Å². The first-order valence-electron chi connectivity index (χ1n) is 10.9. The summed E-state index contributed by atoms with van der Waals surface area (Å²) in [4.78, 5) is 15.9. The molecule has 0 unspecified atom stereocenters. The number of aromatic nitrogens is 4. The van der Waals surface area contributed by atoms with E-state index < -0.39 is 0 Å². The number of aromatic amines is 2. The molecule has 0 saturated heterocycles. The van der Waals surface area contributed by atoms with E-state index in [1.165, 1.54) is 22.3 Å². The van der Waals surface area contributed by atoms with Crippen LogP contribution in [0.15, 0.2) is 72.9 Å². The van der Waals surface area contributed by atoms with Crippen LogP contribution in [0.5, 0.6) is 0 Å². The molecule has 0 bridgehead atoms. The summed E-state index contributed by atoms with van der Waals surface area (Å²) < 4.78 is 0. The molecular formula is C27H26N4. The highest BCUT2D eigenvalue weighted by Gasteiger charge is 2.08. The molecule has 5 rings (SSSR count). The Bertz CT molecular complexity index is 1320. The Hall–Kier alpha value is -3.66. The van der Waals surface area contributed by atoms with E-state index in [0.717, 1.165) is 40.4 Å². The van der Waals surface area contributed by atoms with Gasteiger partial charge in [-0.25, -0.2) is 9.97 Å². The monoisotopic (exact) mass is 406 g/mol. The van der Waals surface area contributed by atoms with Crippen molar-refractivity contribution >= 4 is 11.0 Å². The van der Waals surface area contributed by atoms with Crippen LogP contribution >= 0.6 is 0 Å². The summed E-state index contributed by atoms with van der Waals surface area (Å²) in [6.07, 6.45) is 2.82. The van der Waals surface area contributed by atoms with E-state index in [-0.39, 0.29) is 0 Å². The number of imidazole rings is 2. The molecule has 0 aliphatic carbocycles. The highest BCUT2D eigenvalue weighted by Crippen LogP contribution is 2.29. The lowest BCUT2D eigenvalue weighted by atomic mass is 9.99. The first kappa shape index (κ1) is 19.3. The molecule has 5 aromatic rings. The number of aryl methyl sites for hydroxylation is 1. The summed E-state index contributed by atoms with van der Waals surface area (Å²) in [5, 5.41) is 0. The van der Waals surface area contributed by atoms with E-state index in [9.17, 15) is 0 Å². The second kappa shape index (κ2) is 7.88. The lowest BCUT2D eigenvalue weighted by Gasteiger charge is -2.06. The van der Waals surface area contributed by atoms with Crippen LogP contribution in [0.1, 0.15) is 38.3 Å². The number of H-pyrrole nitrogens is 2. The molecule has 3 aromatic carbocycles. The van der Waals surface area contributed by atoms with Gasteiger partial charge in [0.05, 0.1) is 22.9 Å². The van der Waals surface area contributed by atoms with Gasteiger partial charge in [0.15, 0.2) is 0 Å². The van der Waals surface area contributed by atoms with Gasteiger partial charge in [-0.15, -0.1) is 0 Å². The van der Waals surface area contributed by atoms with E-state index in [2.05, 4.69) is 107 Å². The number of nitrogens with one attached hydrogen (secondary N) is 2. The summed E-state index contributed by atoms with van der Waals surface area (Å²) in [6, 6.07) is 23.8. The van der Waals surface area contributed by atoms with Crippen LogP contribution in [0, 0.1) is 0 Å². The molecule has 31 heavy (non-hydrogen) atoms. The van der Waals surface area contributed by atoms with Crippen molar-refractivity contribution in [1.82, 2.24) is 19.9 Å². The zero-order chi connectivity index (χ0) is 21.4. The fourth-order valence-electron chi connectivity index (χ4n) is 3.87. The molecule has 0 atom stereocenters. The Morgan fingerprint density at radius 1 is 0.742 bits per heavy atom. The predicted molar refractivity (Wildman–Crippen MR) is 128 cm³/mol. The topological polar surface area (TPSA) is 57.4 Å². The molecule has 0 aliphatic heterocycles. The van der Waals surface area contributed by atoms with Crippen molar-refractivity contribution in [1.29, 1.82) is 0 Å². The normalized spacial score (nSPS) is 11.5. The van der Waals surface area contributed by atoms with Gasteiger partial charge in [-0.3, -0.25) is 0 Å². The van der Waals surface area contributed by atoms with E-state index in [1.807, 2.05) is 6.20 Å². The molecule has 0 radical (unpaired) electrons. The van der Waals surface area contributed by atoms with Crippen LogP contribution in [0.2, 0.25) is 0 Å². The lowest BCUT2D eigenvalue weighted by molar-refractivity contribution is 0.799. The Kier molecular flexibility index (Phi) is 4.91. The SMILES string of the molecule is CCc1ncc(-c2ccc(-c3ccc(-c4ccc5nc(C(C)C)[nH]c5c4)cc3)cc2)[nH]1. The molecule has 2 heterocycles. The molecule has 0 saturated carbocycles. The van der Waals surface area contributed by atoms with Crippen LogP contribution in [-0.4, -0.2) is 19.9 Å². The van der Waals surface area contributed by atoms with Crippen molar-refractivity contribution < 1.29 is 0 Å². The fraction of sp³-hybridized carbons (Fsp3) is 0.185. The van der Waals surface area contributed by atoms with Crippen molar-refractivity contribution in [2.75, 3.05) is 0 Å². The third-order valence-corrected chi connectivity index (χ3v) is 5.76. The summed E-state index contributed by atoms with van der Waals surface area (Å²) in [5.41, 5.74) is 9.13. The molecule has 2 N–H and O–H groups in total. The van der Waals surface area contributed by atoms with Gasteiger partial charge in [-0.2, -0.15) is 0 Å². The van der Waals surface area contributed by atoms with Gasteiger partial charge in [0, 0.05) is 12.3 Å². The van der Waals surface area contributed by atoms with Gasteiger partial charge in [0.2, 0.25) is 0 Å². The van der Waals surface area contributed by atoms with Crippen LogP contribution < -0.4 is 0 Å². The van der Waals surface area contributed by atoms with Crippen LogP contribution in [0.4, 0.5) is 0 Å². The van der Waals surface area contributed by atoms with E-state index in [0.29, 0.717) is 5.92 Å². The second-order valence-corrected chi connectivity index (χ2v) is 8.26. The first-order valence-corrected chi connectivity index (χ1v) is 10.9. The van der Waals surface area contributed by atoms with Gasteiger partial charge in [0.25, 0.3) is 0 Å². The quantitative estimate of drug-likeness (QED) is 0.331. The minimum absolute atomic E-state index is 0.392. The van der Waals surface area contributed by atoms with Gasteiger partial charge < -0.3 is 9.97 Å². The predicted octanol–water partition coefficient (Wildman–Crippen LogP) is 6.97. The molecule has 154 valence electrons. The third-order valence-electron chi connectivity index (χ3n) is 5.76. The van der Waals surface area contributed by atoms with Crippen LogP contribution in [0.25, 0.3) is 44.5 Å².